The van der Waals surface area contributed by atoms with Gasteiger partial charge in [-0.2, -0.15) is 0 Å². The van der Waals surface area contributed by atoms with Gasteiger partial charge in [-0.3, -0.25) is 4.98 Å². The van der Waals surface area contributed by atoms with Gasteiger partial charge in [-0.1, -0.05) is 26.2 Å². The smallest absolute Gasteiger partial charge is 0.0295 e. The van der Waals surface area contributed by atoms with Gasteiger partial charge in [0.1, 0.15) is 0 Å². The molecular weight excluding hydrogens is 160 g/mol. The van der Waals surface area contributed by atoms with Crippen molar-refractivity contribution in [3.05, 3.63) is 30.1 Å². The van der Waals surface area contributed by atoms with E-state index in [0.29, 0.717) is 0 Å². The minimum Gasteiger partial charge on any atom is -0.324 e. The van der Waals surface area contributed by atoms with E-state index < -0.39 is 0 Å². The van der Waals surface area contributed by atoms with Crippen molar-refractivity contribution in [1.29, 1.82) is 0 Å². The van der Waals surface area contributed by atoms with E-state index in [1.165, 1.54) is 24.8 Å². The van der Waals surface area contributed by atoms with Crippen LogP contribution in [-0.2, 0) is 0 Å². The summed E-state index contributed by atoms with van der Waals surface area (Å²) in [6.45, 7) is 2.21. The van der Waals surface area contributed by atoms with Gasteiger partial charge in [0.25, 0.3) is 0 Å². The summed E-state index contributed by atoms with van der Waals surface area (Å²) >= 11 is 0. The summed E-state index contributed by atoms with van der Waals surface area (Å²) in [4.78, 5) is 3.97. The number of hydrogen-bond donors (Lipinski definition) is 1. The first-order valence-electron chi connectivity index (χ1n) is 5.00. The van der Waals surface area contributed by atoms with Gasteiger partial charge in [0.2, 0.25) is 0 Å². The molecule has 72 valence electrons. The number of unbranched alkanes of at least 4 members (excludes halogenated alkanes) is 2. The normalized spacial score (nSPS) is 12.8. The zero-order chi connectivity index (χ0) is 9.52. The van der Waals surface area contributed by atoms with Crippen molar-refractivity contribution in [3.63, 3.8) is 0 Å². The topological polar surface area (TPSA) is 38.9 Å². The fraction of sp³-hybridized carbons (Fsp3) is 0.545. The van der Waals surface area contributed by atoms with Crippen molar-refractivity contribution in [2.24, 2.45) is 5.73 Å². The van der Waals surface area contributed by atoms with E-state index in [1.807, 2.05) is 12.1 Å². The van der Waals surface area contributed by atoms with Crippen LogP contribution in [-0.4, -0.2) is 4.98 Å². The summed E-state index contributed by atoms with van der Waals surface area (Å²) < 4.78 is 0. The molecule has 0 amide bonds. The van der Waals surface area contributed by atoms with Crippen LogP contribution < -0.4 is 5.73 Å². The molecule has 13 heavy (non-hydrogen) atoms. The average Bonchev–Trinajstić information content (AvgIpc) is 2.19. The first-order valence-corrected chi connectivity index (χ1v) is 5.00. The van der Waals surface area contributed by atoms with Gasteiger partial charge in [0, 0.05) is 18.4 Å². The number of aromatic nitrogens is 1. The highest BCUT2D eigenvalue weighted by Gasteiger charge is 2.03. The maximum atomic E-state index is 6.01. The molecule has 0 fully saturated rings. The van der Waals surface area contributed by atoms with Gasteiger partial charge < -0.3 is 5.73 Å². The van der Waals surface area contributed by atoms with E-state index in [9.17, 15) is 0 Å². The molecule has 1 rings (SSSR count). The van der Waals surface area contributed by atoms with Gasteiger partial charge in [0.15, 0.2) is 0 Å². The van der Waals surface area contributed by atoms with Crippen LogP contribution in [0.5, 0.6) is 0 Å². The number of nitrogens with zero attached hydrogens (tertiary/aromatic N) is 1. The Labute approximate surface area is 80.2 Å². The summed E-state index contributed by atoms with van der Waals surface area (Å²) in [5, 5.41) is 0. The van der Waals surface area contributed by atoms with E-state index >= 15 is 0 Å². The van der Waals surface area contributed by atoms with E-state index in [1.54, 1.807) is 12.4 Å². The lowest BCUT2D eigenvalue weighted by molar-refractivity contribution is 0.581. The van der Waals surface area contributed by atoms with Gasteiger partial charge in [0.05, 0.1) is 0 Å². The highest BCUT2D eigenvalue weighted by atomic mass is 14.6. The van der Waals surface area contributed by atoms with Gasteiger partial charge in [-0.05, 0) is 24.1 Å². The molecule has 0 aliphatic heterocycles. The summed E-state index contributed by atoms with van der Waals surface area (Å²) in [5.41, 5.74) is 7.21. The molecule has 0 radical (unpaired) electrons. The van der Waals surface area contributed by atoms with E-state index in [-0.39, 0.29) is 6.04 Å². The molecule has 0 spiro atoms. The molecule has 1 heterocycles. The van der Waals surface area contributed by atoms with Crippen LogP contribution in [0.2, 0.25) is 0 Å². The third-order valence-electron chi connectivity index (χ3n) is 2.25. The molecule has 0 saturated carbocycles. The number of nitrogens with two attached hydrogens (primary N) is 1. The minimum absolute atomic E-state index is 0.189. The molecule has 2 N–H and O–H groups in total. The second-order valence-electron chi connectivity index (χ2n) is 3.38. The Morgan fingerprint density at radius 1 is 1.31 bits per heavy atom. The summed E-state index contributed by atoms with van der Waals surface area (Å²) in [6.07, 6.45) is 8.43. The molecule has 0 aromatic carbocycles. The number of pyridine rings is 1. The Kier molecular flexibility index (Phi) is 4.47. The fourth-order valence-corrected chi connectivity index (χ4v) is 1.39. The molecule has 0 aliphatic carbocycles. The summed E-state index contributed by atoms with van der Waals surface area (Å²) in [6, 6.07) is 4.18. The Bertz CT molecular complexity index is 221. The fourth-order valence-electron chi connectivity index (χ4n) is 1.39. The molecule has 2 nitrogen and oxygen atoms in total. The van der Waals surface area contributed by atoms with E-state index in [2.05, 4.69) is 11.9 Å². The maximum Gasteiger partial charge on any atom is 0.0295 e. The zero-order valence-corrected chi connectivity index (χ0v) is 8.24. The minimum atomic E-state index is 0.189. The summed E-state index contributed by atoms with van der Waals surface area (Å²) in [7, 11) is 0. The maximum absolute atomic E-state index is 6.01. The van der Waals surface area contributed by atoms with Crippen LogP contribution in [0.3, 0.4) is 0 Å². The van der Waals surface area contributed by atoms with Crippen molar-refractivity contribution in [2.45, 2.75) is 38.6 Å². The lowest BCUT2D eigenvalue weighted by Gasteiger charge is -2.10. The molecule has 0 aliphatic rings. The number of rotatable bonds is 5. The monoisotopic (exact) mass is 178 g/mol. The van der Waals surface area contributed by atoms with Gasteiger partial charge in [-0.25, -0.2) is 0 Å². The van der Waals surface area contributed by atoms with Crippen LogP contribution in [0, 0.1) is 0 Å². The third kappa shape index (κ3) is 3.55. The Hall–Kier alpha value is -0.890. The standard InChI is InChI=1S/C11H18N2/c1-2-3-4-5-11(12)10-6-8-13-9-7-10/h6-9,11H,2-5,12H2,1H3/t11-/m0/s1. The lowest BCUT2D eigenvalue weighted by atomic mass is 10.0. The second kappa shape index (κ2) is 5.70. The first kappa shape index (κ1) is 10.2. The quantitative estimate of drug-likeness (QED) is 0.704. The molecule has 0 saturated heterocycles. The molecule has 1 aromatic heterocycles. The predicted octanol–water partition coefficient (Wildman–Crippen LogP) is 2.66. The largest absolute Gasteiger partial charge is 0.324 e. The Morgan fingerprint density at radius 2 is 2.00 bits per heavy atom. The zero-order valence-electron chi connectivity index (χ0n) is 8.24. The summed E-state index contributed by atoms with van der Waals surface area (Å²) in [5.74, 6) is 0. The Morgan fingerprint density at radius 3 is 2.62 bits per heavy atom. The van der Waals surface area contributed by atoms with Crippen LogP contribution in [0.25, 0.3) is 0 Å². The predicted molar refractivity (Wildman–Crippen MR) is 55.3 cm³/mol. The van der Waals surface area contributed by atoms with Crippen molar-refractivity contribution in [1.82, 2.24) is 4.98 Å². The second-order valence-corrected chi connectivity index (χ2v) is 3.38. The van der Waals surface area contributed by atoms with Crippen molar-refractivity contribution in [3.8, 4) is 0 Å². The third-order valence-corrected chi connectivity index (χ3v) is 2.25. The van der Waals surface area contributed by atoms with Crippen molar-refractivity contribution >= 4 is 0 Å². The molecule has 1 atom stereocenters. The highest BCUT2D eigenvalue weighted by molar-refractivity contribution is 5.13. The van der Waals surface area contributed by atoms with Crippen LogP contribution in [0.4, 0.5) is 0 Å². The number of hydrogen-bond acceptors (Lipinski definition) is 2. The van der Waals surface area contributed by atoms with E-state index in [0.717, 1.165) is 6.42 Å². The molecular formula is C11H18N2. The molecule has 1 aromatic rings. The van der Waals surface area contributed by atoms with Crippen LogP contribution >= 0.6 is 0 Å². The van der Waals surface area contributed by atoms with Crippen molar-refractivity contribution in [2.75, 3.05) is 0 Å². The molecule has 2 heteroatoms. The van der Waals surface area contributed by atoms with E-state index in [4.69, 9.17) is 5.73 Å². The SMILES string of the molecule is CCCCC[C@H](N)c1ccncc1. The molecule has 0 unspecified atom stereocenters. The Balaban J connectivity index is 2.35. The lowest BCUT2D eigenvalue weighted by Crippen LogP contribution is -2.09. The van der Waals surface area contributed by atoms with Gasteiger partial charge in [-0.15, -0.1) is 0 Å². The van der Waals surface area contributed by atoms with Crippen molar-refractivity contribution < 1.29 is 0 Å². The van der Waals surface area contributed by atoms with Crippen LogP contribution in [0.15, 0.2) is 24.5 Å². The average molecular weight is 178 g/mol. The highest BCUT2D eigenvalue weighted by Crippen LogP contribution is 2.15. The molecule has 0 bridgehead atoms. The first-order chi connectivity index (χ1) is 6.34. The van der Waals surface area contributed by atoms with Crippen LogP contribution in [0.1, 0.15) is 44.2 Å². The van der Waals surface area contributed by atoms with Gasteiger partial charge >= 0.3 is 0 Å².